The summed E-state index contributed by atoms with van der Waals surface area (Å²) in [7, 11) is 1.70. The molecule has 9 N–H and O–H groups in total. The molecule has 3 unspecified atom stereocenters. The van der Waals surface area contributed by atoms with Gasteiger partial charge in [0.25, 0.3) is 0 Å². The summed E-state index contributed by atoms with van der Waals surface area (Å²) in [6, 6.07) is 5.06. The summed E-state index contributed by atoms with van der Waals surface area (Å²) in [6.45, 7) is 7.67. The van der Waals surface area contributed by atoms with Gasteiger partial charge >= 0.3 is 6.03 Å². The van der Waals surface area contributed by atoms with Gasteiger partial charge in [-0.2, -0.15) is 5.06 Å². The van der Waals surface area contributed by atoms with Crippen LogP contribution in [-0.4, -0.2) is 117 Å². The zero-order valence-electron chi connectivity index (χ0n) is 31.2. The lowest BCUT2D eigenvalue weighted by Gasteiger charge is -2.38. The summed E-state index contributed by atoms with van der Waals surface area (Å²) in [4.78, 5) is 91.4. The molecule has 18 heteroatoms. The molecular weight excluding hydrogens is 690 g/mol. The molecule has 0 aromatic heterocycles. The van der Waals surface area contributed by atoms with Crippen LogP contribution in [0.15, 0.2) is 24.3 Å². The fraction of sp³-hybridized carbons (Fsp3) is 0.629. The number of likely N-dealkylation sites (N-methyl/N-ethyl adjacent to an activating group) is 1. The van der Waals surface area contributed by atoms with E-state index in [2.05, 4.69) is 26.6 Å². The number of hydroxylamine groups is 2. The molecule has 1 fully saturated rings. The van der Waals surface area contributed by atoms with Crippen molar-refractivity contribution in [1.82, 2.24) is 31.2 Å². The van der Waals surface area contributed by atoms with Crippen molar-refractivity contribution in [2.45, 2.75) is 77.9 Å². The van der Waals surface area contributed by atoms with Crippen molar-refractivity contribution in [2.75, 3.05) is 58.4 Å². The third-order valence-electron chi connectivity index (χ3n) is 8.59. The van der Waals surface area contributed by atoms with Crippen molar-refractivity contribution in [3.63, 3.8) is 0 Å². The number of carbonyl (C=O) groups excluding carboxylic acids is 7. The van der Waals surface area contributed by atoms with Crippen LogP contribution in [0, 0.1) is 11.3 Å². The number of nitrogens with two attached hydrogens (primary N) is 2. The molecule has 1 heterocycles. The minimum atomic E-state index is -0.966. The van der Waals surface area contributed by atoms with Crippen LogP contribution < -0.4 is 38.1 Å². The number of urea groups is 1. The Morgan fingerprint density at radius 1 is 1.06 bits per heavy atom. The standard InChI is InChI=1S/C35H57N9O9/c1-24-18-26(32(36)49)11-14-44(24)31(48)19-35(2,3)22-52-17-15-43(4)53-16-12-29(46)40-21-30(47)42-28(6-5-13-39-34(37)51)33(50)41-27-9-7-25(8-10-27)20-38-23-45/h7-10,23-24,26,28H,5-6,11-22H2,1-4H3,(H2,36,49)(H,38,45)(H,40,46)(H,41,50)(H,42,47)(H3,37,39,51). The van der Waals surface area contributed by atoms with Crippen molar-refractivity contribution >= 4 is 47.7 Å². The first kappa shape index (κ1) is 44.4. The molecule has 1 aromatic carbocycles. The van der Waals surface area contributed by atoms with Gasteiger partial charge in [-0.15, -0.1) is 0 Å². The first-order chi connectivity index (χ1) is 25.1. The lowest BCUT2D eigenvalue weighted by molar-refractivity contribution is -0.155. The van der Waals surface area contributed by atoms with E-state index < -0.39 is 35.2 Å². The molecule has 2 rings (SSSR count). The summed E-state index contributed by atoms with van der Waals surface area (Å²) < 4.78 is 5.82. The van der Waals surface area contributed by atoms with E-state index in [0.29, 0.717) is 70.6 Å². The van der Waals surface area contributed by atoms with Gasteiger partial charge < -0.3 is 47.7 Å². The molecule has 0 aliphatic carbocycles. The maximum atomic E-state index is 13.0. The Kier molecular flexibility index (Phi) is 19.2. The number of rotatable bonds is 24. The number of primary amides is 2. The Morgan fingerprint density at radius 3 is 2.42 bits per heavy atom. The number of hydrogen-bond donors (Lipinski definition) is 7. The van der Waals surface area contributed by atoms with E-state index in [1.54, 1.807) is 31.3 Å². The minimum absolute atomic E-state index is 0.0225. The number of anilines is 1. The van der Waals surface area contributed by atoms with Crippen molar-refractivity contribution < 1.29 is 43.1 Å². The SMILES string of the molecule is CC1CC(C(N)=O)CCN1C(=O)CC(C)(C)COCCN(C)OCCC(=O)NCC(=O)NC(CCCNC(N)=O)C(=O)Nc1ccc(CNC=O)cc1. The normalized spacial score (nSPS) is 16.3. The van der Waals surface area contributed by atoms with E-state index in [1.165, 1.54) is 5.06 Å². The van der Waals surface area contributed by atoms with Gasteiger partial charge in [0, 0.05) is 57.3 Å². The first-order valence-electron chi connectivity index (χ1n) is 17.8. The number of benzene rings is 1. The van der Waals surface area contributed by atoms with Gasteiger partial charge in [0.15, 0.2) is 0 Å². The Morgan fingerprint density at radius 2 is 1.77 bits per heavy atom. The Labute approximate surface area is 310 Å². The maximum Gasteiger partial charge on any atom is 0.312 e. The van der Waals surface area contributed by atoms with Gasteiger partial charge in [0.2, 0.25) is 35.9 Å². The van der Waals surface area contributed by atoms with E-state index in [9.17, 15) is 33.6 Å². The smallest absolute Gasteiger partial charge is 0.312 e. The zero-order chi connectivity index (χ0) is 39.4. The second kappa shape index (κ2) is 23.0. The molecule has 0 saturated carbocycles. The fourth-order valence-electron chi connectivity index (χ4n) is 5.66. The Bertz CT molecular complexity index is 1380. The quantitative estimate of drug-likeness (QED) is 0.0414. The number of nitrogens with one attached hydrogen (secondary N) is 5. The predicted octanol–water partition coefficient (Wildman–Crippen LogP) is -0.281. The molecule has 1 saturated heterocycles. The highest BCUT2D eigenvalue weighted by Crippen LogP contribution is 2.27. The van der Waals surface area contributed by atoms with Gasteiger partial charge in [-0.3, -0.25) is 33.6 Å². The van der Waals surface area contributed by atoms with Gasteiger partial charge in [0.05, 0.1) is 32.8 Å². The number of hydrogen-bond acceptors (Lipinski definition) is 10. The molecule has 0 radical (unpaired) electrons. The topological polar surface area (TPSA) is 257 Å². The van der Waals surface area contributed by atoms with E-state index in [-0.39, 0.29) is 56.3 Å². The molecule has 18 nitrogen and oxygen atoms in total. The van der Waals surface area contributed by atoms with Crippen molar-refractivity contribution in [3.8, 4) is 0 Å². The molecule has 0 bridgehead atoms. The summed E-state index contributed by atoms with van der Waals surface area (Å²) in [6.07, 6.45) is 2.55. The second-order valence-electron chi connectivity index (χ2n) is 13.9. The number of nitrogens with zero attached hydrogens (tertiary/aromatic N) is 2. The van der Waals surface area contributed by atoms with E-state index in [1.807, 2.05) is 25.7 Å². The predicted molar refractivity (Wildman–Crippen MR) is 195 cm³/mol. The third-order valence-corrected chi connectivity index (χ3v) is 8.59. The van der Waals surface area contributed by atoms with Crippen LogP contribution in [0.25, 0.3) is 0 Å². The van der Waals surface area contributed by atoms with E-state index >= 15 is 0 Å². The zero-order valence-corrected chi connectivity index (χ0v) is 31.2. The number of likely N-dealkylation sites (tertiary alicyclic amines) is 1. The Hall–Kier alpha value is -4.81. The molecule has 296 valence electrons. The molecule has 3 atom stereocenters. The van der Waals surface area contributed by atoms with Gasteiger partial charge in [-0.05, 0) is 55.7 Å². The maximum absolute atomic E-state index is 13.0. The molecule has 8 amide bonds. The van der Waals surface area contributed by atoms with Gasteiger partial charge in [-0.25, -0.2) is 4.79 Å². The lowest BCUT2D eigenvalue weighted by Crippen LogP contribution is -2.48. The molecule has 0 spiro atoms. The Balaban J connectivity index is 1.69. The number of carbonyl (C=O) groups is 7. The van der Waals surface area contributed by atoms with Crippen LogP contribution in [0.5, 0.6) is 0 Å². The van der Waals surface area contributed by atoms with Crippen LogP contribution >= 0.6 is 0 Å². The first-order valence-corrected chi connectivity index (χ1v) is 17.8. The lowest BCUT2D eigenvalue weighted by atomic mass is 9.87. The van der Waals surface area contributed by atoms with Gasteiger partial charge in [0.1, 0.15) is 6.04 Å². The monoisotopic (exact) mass is 747 g/mol. The van der Waals surface area contributed by atoms with Crippen LogP contribution in [0.2, 0.25) is 0 Å². The minimum Gasteiger partial charge on any atom is -0.379 e. The van der Waals surface area contributed by atoms with Crippen LogP contribution in [0.4, 0.5) is 10.5 Å². The summed E-state index contributed by atoms with van der Waals surface area (Å²) in [5, 5.41) is 14.4. The van der Waals surface area contributed by atoms with Crippen LogP contribution in [0.1, 0.15) is 64.9 Å². The number of piperidine rings is 1. The van der Waals surface area contributed by atoms with Crippen molar-refractivity contribution in [3.05, 3.63) is 29.8 Å². The van der Waals surface area contributed by atoms with E-state index in [4.69, 9.17) is 21.0 Å². The molecule has 1 aromatic rings. The van der Waals surface area contributed by atoms with Crippen molar-refractivity contribution in [1.29, 1.82) is 0 Å². The number of ether oxygens (including phenoxy) is 1. The largest absolute Gasteiger partial charge is 0.379 e. The third kappa shape index (κ3) is 18.0. The molecule has 53 heavy (non-hydrogen) atoms. The molecular formula is C35H57N9O9. The number of amides is 8. The summed E-state index contributed by atoms with van der Waals surface area (Å²) >= 11 is 0. The molecule has 1 aliphatic heterocycles. The van der Waals surface area contributed by atoms with E-state index in [0.717, 1.165) is 5.56 Å². The highest BCUT2D eigenvalue weighted by atomic mass is 16.7. The van der Waals surface area contributed by atoms with Crippen LogP contribution in [-0.2, 0) is 44.9 Å². The van der Waals surface area contributed by atoms with Gasteiger partial charge in [-0.1, -0.05) is 26.0 Å². The fourth-order valence-corrected chi connectivity index (χ4v) is 5.66. The molecule has 1 aliphatic rings. The highest BCUT2D eigenvalue weighted by molar-refractivity contribution is 5.97. The van der Waals surface area contributed by atoms with Crippen molar-refractivity contribution in [2.24, 2.45) is 22.8 Å². The second-order valence-corrected chi connectivity index (χ2v) is 13.9. The van der Waals surface area contributed by atoms with Crippen LogP contribution in [0.3, 0.4) is 0 Å². The average Bonchev–Trinajstić information content (AvgIpc) is 3.09. The summed E-state index contributed by atoms with van der Waals surface area (Å²) in [5.41, 5.74) is 11.4. The summed E-state index contributed by atoms with van der Waals surface area (Å²) in [5.74, 6) is -2.00. The highest BCUT2D eigenvalue weighted by Gasteiger charge is 2.34. The average molecular weight is 748 g/mol.